The van der Waals surface area contributed by atoms with Crippen molar-refractivity contribution >= 4 is 0 Å². The summed E-state index contributed by atoms with van der Waals surface area (Å²) in [6, 6.07) is 8.14. The predicted molar refractivity (Wildman–Crippen MR) is 74.0 cm³/mol. The summed E-state index contributed by atoms with van der Waals surface area (Å²) in [6.45, 7) is 7.31. The monoisotopic (exact) mass is 260 g/mol. The maximum atomic E-state index is 5.69. The molecule has 0 radical (unpaired) electrons. The Balaban J connectivity index is 1.88. The molecule has 0 bridgehead atoms. The molecule has 2 heterocycles. The highest BCUT2D eigenvalue weighted by Crippen LogP contribution is 2.16. The van der Waals surface area contributed by atoms with Crippen LogP contribution in [-0.4, -0.2) is 11.0 Å². The molecule has 0 unspecified atom stereocenters. The molecular formula is C15H20N2O2. The van der Waals surface area contributed by atoms with Crippen LogP contribution in [0.15, 0.2) is 34.9 Å². The van der Waals surface area contributed by atoms with Crippen LogP contribution in [0.25, 0.3) is 0 Å². The van der Waals surface area contributed by atoms with Gasteiger partial charge in [-0.1, -0.05) is 13.8 Å². The van der Waals surface area contributed by atoms with Crippen LogP contribution in [0.3, 0.4) is 0 Å². The van der Waals surface area contributed by atoms with Gasteiger partial charge in [0, 0.05) is 12.2 Å². The van der Waals surface area contributed by atoms with E-state index in [0.29, 0.717) is 12.6 Å². The lowest BCUT2D eigenvalue weighted by Gasteiger charge is -2.07. The van der Waals surface area contributed by atoms with E-state index in [4.69, 9.17) is 9.15 Å². The van der Waals surface area contributed by atoms with Crippen LogP contribution in [0, 0.1) is 6.92 Å². The van der Waals surface area contributed by atoms with E-state index in [1.54, 1.807) is 6.20 Å². The Labute approximate surface area is 113 Å². The predicted octanol–water partition coefficient (Wildman–Crippen LogP) is 3.06. The topological polar surface area (TPSA) is 47.3 Å². The number of ether oxygens (including phenoxy) is 1. The van der Waals surface area contributed by atoms with Crippen molar-refractivity contribution in [3.05, 3.63) is 47.7 Å². The van der Waals surface area contributed by atoms with Crippen LogP contribution in [-0.2, 0) is 13.2 Å². The minimum Gasteiger partial charge on any atom is -0.484 e. The summed E-state index contributed by atoms with van der Waals surface area (Å²) in [6.07, 6.45) is 1.75. The molecule has 0 saturated heterocycles. The molecular weight excluding hydrogens is 240 g/mol. The third-order valence-corrected chi connectivity index (χ3v) is 2.73. The Morgan fingerprint density at radius 1 is 1.26 bits per heavy atom. The lowest BCUT2D eigenvalue weighted by atomic mass is 10.3. The van der Waals surface area contributed by atoms with E-state index in [-0.39, 0.29) is 0 Å². The summed E-state index contributed by atoms with van der Waals surface area (Å²) in [7, 11) is 0. The molecule has 0 aliphatic rings. The molecule has 4 nitrogen and oxygen atoms in total. The van der Waals surface area contributed by atoms with Crippen LogP contribution in [0.2, 0.25) is 0 Å². The smallest absolute Gasteiger partial charge is 0.146 e. The highest BCUT2D eigenvalue weighted by Gasteiger charge is 2.05. The van der Waals surface area contributed by atoms with Crippen molar-refractivity contribution in [1.29, 1.82) is 0 Å². The maximum absolute atomic E-state index is 5.69. The second kappa shape index (κ2) is 6.38. The lowest BCUT2D eigenvalue weighted by Crippen LogP contribution is -2.21. The van der Waals surface area contributed by atoms with Crippen molar-refractivity contribution in [2.24, 2.45) is 0 Å². The summed E-state index contributed by atoms with van der Waals surface area (Å²) in [5, 5.41) is 3.31. The average molecular weight is 260 g/mol. The second-order valence-corrected chi connectivity index (χ2v) is 4.78. The summed E-state index contributed by atoms with van der Waals surface area (Å²) >= 11 is 0. The van der Waals surface area contributed by atoms with Gasteiger partial charge in [-0.05, 0) is 31.2 Å². The number of pyridine rings is 1. The first-order valence-electron chi connectivity index (χ1n) is 6.50. The minimum atomic E-state index is 0.425. The fourth-order valence-corrected chi connectivity index (χ4v) is 1.67. The summed E-state index contributed by atoms with van der Waals surface area (Å²) in [5.41, 5.74) is 0.885. The summed E-state index contributed by atoms with van der Waals surface area (Å²) in [4.78, 5) is 4.18. The zero-order valence-electron chi connectivity index (χ0n) is 11.6. The van der Waals surface area contributed by atoms with Gasteiger partial charge in [-0.3, -0.25) is 4.98 Å². The minimum absolute atomic E-state index is 0.425. The second-order valence-electron chi connectivity index (χ2n) is 4.78. The quantitative estimate of drug-likeness (QED) is 0.867. The largest absolute Gasteiger partial charge is 0.484 e. The van der Waals surface area contributed by atoms with E-state index < -0.39 is 0 Å². The number of nitrogens with zero attached hydrogens (tertiary/aromatic N) is 1. The molecule has 2 aromatic heterocycles. The first-order valence-corrected chi connectivity index (χ1v) is 6.50. The molecule has 2 aromatic rings. The Morgan fingerprint density at radius 3 is 2.79 bits per heavy atom. The average Bonchev–Trinajstić information content (AvgIpc) is 2.83. The molecule has 0 saturated carbocycles. The standard InChI is InChI=1S/C15H20N2O2/c1-11(2)17-9-13-6-7-14(19-13)10-18-15-5-4-8-16-12(15)3/h4-8,11,17H,9-10H2,1-3H3. The van der Waals surface area contributed by atoms with E-state index in [0.717, 1.165) is 29.5 Å². The van der Waals surface area contributed by atoms with E-state index in [1.165, 1.54) is 0 Å². The highest BCUT2D eigenvalue weighted by molar-refractivity contribution is 5.25. The van der Waals surface area contributed by atoms with Crippen molar-refractivity contribution in [3.8, 4) is 5.75 Å². The Morgan fingerprint density at radius 2 is 2.05 bits per heavy atom. The lowest BCUT2D eigenvalue weighted by molar-refractivity contribution is 0.262. The third kappa shape index (κ3) is 4.10. The van der Waals surface area contributed by atoms with Gasteiger partial charge in [-0.2, -0.15) is 0 Å². The van der Waals surface area contributed by atoms with Crippen LogP contribution < -0.4 is 10.1 Å². The van der Waals surface area contributed by atoms with Gasteiger partial charge in [-0.25, -0.2) is 0 Å². The van der Waals surface area contributed by atoms with Crippen molar-refractivity contribution in [3.63, 3.8) is 0 Å². The molecule has 0 spiro atoms. The molecule has 0 atom stereocenters. The van der Waals surface area contributed by atoms with E-state index in [2.05, 4.69) is 24.1 Å². The van der Waals surface area contributed by atoms with Gasteiger partial charge in [0.25, 0.3) is 0 Å². The van der Waals surface area contributed by atoms with Gasteiger partial charge in [-0.15, -0.1) is 0 Å². The molecule has 0 aliphatic carbocycles. The van der Waals surface area contributed by atoms with E-state index >= 15 is 0 Å². The van der Waals surface area contributed by atoms with Gasteiger partial charge in [0.05, 0.1) is 12.2 Å². The van der Waals surface area contributed by atoms with Crippen molar-refractivity contribution < 1.29 is 9.15 Å². The molecule has 0 aromatic carbocycles. The molecule has 2 rings (SSSR count). The third-order valence-electron chi connectivity index (χ3n) is 2.73. The number of aryl methyl sites for hydroxylation is 1. The normalized spacial score (nSPS) is 10.9. The number of aromatic nitrogens is 1. The molecule has 1 N–H and O–H groups in total. The first kappa shape index (κ1) is 13.6. The number of hydrogen-bond donors (Lipinski definition) is 1. The Kier molecular flexibility index (Phi) is 4.58. The zero-order chi connectivity index (χ0) is 13.7. The zero-order valence-corrected chi connectivity index (χ0v) is 11.6. The van der Waals surface area contributed by atoms with Crippen LogP contribution in [0.4, 0.5) is 0 Å². The number of nitrogens with one attached hydrogen (secondary N) is 1. The van der Waals surface area contributed by atoms with E-state index in [9.17, 15) is 0 Å². The van der Waals surface area contributed by atoms with Gasteiger partial charge >= 0.3 is 0 Å². The van der Waals surface area contributed by atoms with Crippen molar-refractivity contribution in [2.75, 3.05) is 0 Å². The first-order chi connectivity index (χ1) is 9.15. The maximum Gasteiger partial charge on any atom is 0.146 e. The van der Waals surface area contributed by atoms with Crippen molar-refractivity contribution in [1.82, 2.24) is 10.3 Å². The number of furan rings is 1. The fourth-order valence-electron chi connectivity index (χ4n) is 1.67. The van der Waals surface area contributed by atoms with Crippen LogP contribution in [0.5, 0.6) is 5.75 Å². The van der Waals surface area contributed by atoms with Crippen molar-refractivity contribution in [2.45, 2.75) is 40.0 Å². The highest BCUT2D eigenvalue weighted by atomic mass is 16.5. The Bertz CT molecular complexity index is 520. The fraction of sp³-hybridized carbons (Fsp3) is 0.400. The molecule has 0 aliphatic heterocycles. The summed E-state index contributed by atoms with van der Waals surface area (Å²) in [5.74, 6) is 2.54. The van der Waals surface area contributed by atoms with Gasteiger partial charge in [0.1, 0.15) is 23.9 Å². The summed E-state index contributed by atoms with van der Waals surface area (Å²) < 4.78 is 11.4. The molecule has 0 amide bonds. The molecule has 102 valence electrons. The molecule has 19 heavy (non-hydrogen) atoms. The molecule has 4 heteroatoms. The Hall–Kier alpha value is -1.81. The van der Waals surface area contributed by atoms with Crippen LogP contribution >= 0.6 is 0 Å². The van der Waals surface area contributed by atoms with Gasteiger partial charge < -0.3 is 14.5 Å². The van der Waals surface area contributed by atoms with E-state index in [1.807, 2.05) is 31.2 Å². The molecule has 0 fully saturated rings. The van der Waals surface area contributed by atoms with Gasteiger partial charge in [0.2, 0.25) is 0 Å². The van der Waals surface area contributed by atoms with Crippen LogP contribution in [0.1, 0.15) is 31.1 Å². The SMILES string of the molecule is Cc1ncccc1OCc1ccc(CNC(C)C)o1. The van der Waals surface area contributed by atoms with Gasteiger partial charge in [0.15, 0.2) is 0 Å². The number of hydrogen-bond acceptors (Lipinski definition) is 4. The number of rotatable bonds is 6.